The fourth-order valence-corrected chi connectivity index (χ4v) is 2.46. The second kappa shape index (κ2) is 9.78. The first-order valence-electron chi connectivity index (χ1n) is 8.51. The van der Waals surface area contributed by atoms with Crippen LogP contribution in [0.1, 0.15) is 24.1 Å². The molecule has 0 aliphatic rings. The average Bonchev–Trinajstić information content (AvgIpc) is 2.71. The van der Waals surface area contributed by atoms with E-state index in [9.17, 15) is 14.9 Å². The highest BCUT2D eigenvalue weighted by Gasteiger charge is 2.14. The van der Waals surface area contributed by atoms with Crippen LogP contribution in [0.2, 0.25) is 0 Å². The van der Waals surface area contributed by atoms with E-state index in [1.54, 1.807) is 18.2 Å². The average molecular weight is 379 g/mol. The Morgan fingerprint density at radius 1 is 1.21 bits per heavy atom. The van der Waals surface area contributed by atoms with Crippen LogP contribution < -0.4 is 20.5 Å². The Hall–Kier alpha value is -3.79. The number of nitrogens with one attached hydrogen (secondary N) is 1. The molecule has 0 saturated carbocycles. The molecule has 2 amide bonds. The Morgan fingerprint density at radius 3 is 2.54 bits per heavy atom. The number of rotatable bonds is 8. The number of methoxy groups -OCH3 is 1. The summed E-state index contributed by atoms with van der Waals surface area (Å²) in [5.41, 5.74) is 6.53. The zero-order valence-corrected chi connectivity index (χ0v) is 15.6. The van der Waals surface area contributed by atoms with Gasteiger partial charge in [0.2, 0.25) is 0 Å². The third kappa shape index (κ3) is 5.61. The SMILES string of the molecule is COc1cc(/C=C(\C#N)C(=O)N[C@H](C)c2ccccc2)ccc1OCC(N)=O. The van der Waals surface area contributed by atoms with Crippen LogP contribution in [0.25, 0.3) is 6.08 Å². The van der Waals surface area contributed by atoms with Gasteiger partial charge in [0.1, 0.15) is 11.6 Å². The van der Waals surface area contributed by atoms with E-state index in [0.29, 0.717) is 17.1 Å². The summed E-state index contributed by atoms with van der Waals surface area (Å²) in [6, 6.07) is 15.9. The minimum Gasteiger partial charge on any atom is -0.493 e. The Kier molecular flexibility index (Phi) is 7.17. The van der Waals surface area contributed by atoms with Crippen molar-refractivity contribution in [3.8, 4) is 17.6 Å². The number of carbonyl (C=O) groups is 2. The Morgan fingerprint density at radius 2 is 1.93 bits per heavy atom. The maximum Gasteiger partial charge on any atom is 0.262 e. The van der Waals surface area contributed by atoms with Crippen molar-refractivity contribution in [2.24, 2.45) is 5.73 Å². The second-order valence-electron chi connectivity index (χ2n) is 5.94. The van der Waals surface area contributed by atoms with Gasteiger partial charge in [-0.2, -0.15) is 5.26 Å². The first-order valence-corrected chi connectivity index (χ1v) is 8.51. The van der Waals surface area contributed by atoms with Gasteiger partial charge in [-0.05, 0) is 36.3 Å². The molecule has 144 valence electrons. The van der Waals surface area contributed by atoms with Crippen molar-refractivity contribution in [1.82, 2.24) is 5.32 Å². The van der Waals surface area contributed by atoms with Gasteiger partial charge in [-0.1, -0.05) is 36.4 Å². The van der Waals surface area contributed by atoms with E-state index >= 15 is 0 Å². The largest absolute Gasteiger partial charge is 0.493 e. The first-order chi connectivity index (χ1) is 13.4. The van der Waals surface area contributed by atoms with Crippen LogP contribution >= 0.6 is 0 Å². The van der Waals surface area contributed by atoms with Crippen molar-refractivity contribution >= 4 is 17.9 Å². The van der Waals surface area contributed by atoms with Crippen LogP contribution in [0.3, 0.4) is 0 Å². The molecule has 7 heteroatoms. The lowest BCUT2D eigenvalue weighted by molar-refractivity contribution is -0.120. The van der Waals surface area contributed by atoms with Gasteiger partial charge in [-0.15, -0.1) is 0 Å². The summed E-state index contributed by atoms with van der Waals surface area (Å²) in [7, 11) is 1.44. The molecule has 0 spiro atoms. The fourth-order valence-electron chi connectivity index (χ4n) is 2.46. The number of ether oxygens (including phenoxy) is 2. The molecular weight excluding hydrogens is 358 g/mol. The third-order valence-corrected chi connectivity index (χ3v) is 3.88. The van der Waals surface area contributed by atoms with Crippen LogP contribution in [-0.2, 0) is 9.59 Å². The summed E-state index contributed by atoms with van der Waals surface area (Å²) < 4.78 is 10.5. The summed E-state index contributed by atoms with van der Waals surface area (Å²) in [4.78, 5) is 23.3. The highest BCUT2D eigenvalue weighted by molar-refractivity contribution is 6.01. The van der Waals surface area contributed by atoms with Crippen molar-refractivity contribution in [3.05, 3.63) is 65.2 Å². The quantitative estimate of drug-likeness (QED) is 0.540. The summed E-state index contributed by atoms with van der Waals surface area (Å²) in [6.07, 6.45) is 1.45. The summed E-state index contributed by atoms with van der Waals surface area (Å²) in [5.74, 6) is -0.404. The van der Waals surface area contributed by atoms with Gasteiger partial charge in [-0.25, -0.2) is 0 Å². The number of benzene rings is 2. The molecule has 0 bridgehead atoms. The topological polar surface area (TPSA) is 114 Å². The van der Waals surface area contributed by atoms with Crippen LogP contribution in [-0.4, -0.2) is 25.5 Å². The third-order valence-electron chi connectivity index (χ3n) is 3.88. The normalized spacial score (nSPS) is 11.8. The molecule has 0 unspecified atom stereocenters. The van der Waals surface area contributed by atoms with E-state index < -0.39 is 11.8 Å². The summed E-state index contributed by atoms with van der Waals surface area (Å²) in [5, 5.41) is 12.2. The van der Waals surface area contributed by atoms with E-state index in [1.165, 1.54) is 13.2 Å². The molecule has 7 nitrogen and oxygen atoms in total. The predicted molar refractivity (Wildman–Crippen MR) is 104 cm³/mol. The Labute approximate surface area is 163 Å². The van der Waals surface area contributed by atoms with Crippen molar-refractivity contribution < 1.29 is 19.1 Å². The molecule has 0 saturated heterocycles. The van der Waals surface area contributed by atoms with E-state index in [4.69, 9.17) is 15.2 Å². The van der Waals surface area contributed by atoms with Crippen LogP contribution in [0.4, 0.5) is 0 Å². The van der Waals surface area contributed by atoms with Crippen molar-refractivity contribution in [2.75, 3.05) is 13.7 Å². The van der Waals surface area contributed by atoms with E-state index in [-0.39, 0.29) is 18.2 Å². The van der Waals surface area contributed by atoms with Gasteiger partial charge in [0.15, 0.2) is 18.1 Å². The van der Waals surface area contributed by atoms with Crippen LogP contribution in [0.15, 0.2) is 54.1 Å². The molecule has 0 aliphatic heterocycles. The maximum atomic E-state index is 12.5. The lowest BCUT2D eigenvalue weighted by Crippen LogP contribution is -2.27. The van der Waals surface area contributed by atoms with E-state index in [1.807, 2.05) is 43.3 Å². The molecule has 2 rings (SSSR count). The van der Waals surface area contributed by atoms with Crippen LogP contribution in [0, 0.1) is 11.3 Å². The molecule has 2 aromatic carbocycles. The molecule has 1 atom stereocenters. The molecule has 0 aromatic heterocycles. The standard InChI is InChI=1S/C21H21N3O4/c1-14(16-6-4-3-5-7-16)24-21(26)17(12-22)10-15-8-9-18(19(11-15)27-2)28-13-20(23)25/h3-11,14H,13H2,1-2H3,(H2,23,25)(H,24,26)/b17-10+/t14-/m1/s1. The Balaban J connectivity index is 2.17. The number of primary amides is 1. The maximum absolute atomic E-state index is 12.5. The van der Waals surface area contributed by atoms with Gasteiger partial charge in [0.05, 0.1) is 13.2 Å². The van der Waals surface area contributed by atoms with Gasteiger partial charge in [0, 0.05) is 0 Å². The molecule has 2 aromatic rings. The van der Waals surface area contributed by atoms with Gasteiger partial charge < -0.3 is 20.5 Å². The van der Waals surface area contributed by atoms with Gasteiger partial charge in [-0.3, -0.25) is 9.59 Å². The zero-order valence-electron chi connectivity index (χ0n) is 15.6. The van der Waals surface area contributed by atoms with E-state index in [2.05, 4.69) is 5.32 Å². The number of nitriles is 1. The number of hydrogen-bond acceptors (Lipinski definition) is 5. The first kappa shape index (κ1) is 20.5. The van der Waals surface area contributed by atoms with Crippen molar-refractivity contribution in [1.29, 1.82) is 5.26 Å². The molecule has 0 heterocycles. The van der Waals surface area contributed by atoms with Crippen LogP contribution in [0.5, 0.6) is 11.5 Å². The number of nitrogens with two attached hydrogens (primary N) is 1. The lowest BCUT2D eigenvalue weighted by Gasteiger charge is -2.14. The summed E-state index contributed by atoms with van der Waals surface area (Å²) in [6.45, 7) is 1.56. The zero-order chi connectivity index (χ0) is 20.5. The molecular formula is C21H21N3O4. The minimum absolute atomic E-state index is 0.0457. The number of hydrogen-bond donors (Lipinski definition) is 2. The molecule has 0 fully saturated rings. The Bertz CT molecular complexity index is 917. The monoisotopic (exact) mass is 379 g/mol. The highest BCUT2D eigenvalue weighted by Crippen LogP contribution is 2.29. The number of amides is 2. The van der Waals surface area contributed by atoms with Crippen molar-refractivity contribution in [2.45, 2.75) is 13.0 Å². The molecule has 0 aliphatic carbocycles. The molecule has 28 heavy (non-hydrogen) atoms. The fraction of sp³-hybridized carbons (Fsp3) is 0.190. The van der Waals surface area contributed by atoms with Gasteiger partial charge in [0.25, 0.3) is 11.8 Å². The summed E-state index contributed by atoms with van der Waals surface area (Å²) >= 11 is 0. The number of nitrogens with zero attached hydrogens (tertiary/aromatic N) is 1. The van der Waals surface area contributed by atoms with E-state index in [0.717, 1.165) is 5.56 Å². The smallest absolute Gasteiger partial charge is 0.262 e. The van der Waals surface area contributed by atoms with Gasteiger partial charge >= 0.3 is 0 Å². The predicted octanol–water partition coefficient (Wildman–Crippen LogP) is 2.34. The highest BCUT2D eigenvalue weighted by atomic mass is 16.5. The number of carbonyl (C=O) groups excluding carboxylic acids is 2. The second-order valence-corrected chi connectivity index (χ2v) is 5.94. The molecule has 3 N–H and O–H groups in total. The van der Waals surface area contributed by atoms with Crippen molar-refractivity contribution in [3.63, 3.8) is 0 Å². The molecule has 0 radical (unpaired) electrons. The minimum atomic E-state index is -0.609. The lowest BCUT2D eigenvalue weighted by atomic mass is 10.1.